The summed E-state index contributed by atoms with van der Waals surface area (Å²) in [5, 5.41) is 3.52. The van der Waals surface area contributed by atoms with Crippen molar-refractivity contribution in [3.8, 4) is 0 Å². The molecule has 1 saturated heterocycles. The third kappa shape index (κ3) is 4.36. The summed E-state index contributed by atoms with van der Waals surface area (Å²) in [6, 6.07) is 6.68. The number of anilines is 1. The number of fused-ring (bicyclic) bond motifs is 2. The van der Waals surface area contributed by atoms with Gasteiger partial charge < -0.3 is 15.1 Å². The quantitative estimate of drug-likeness (QED) is 0.593. The molecule has 2 aliphatic carbocycles. The van der Waals surface area contributed by atoms with E-state index in [2.05, 4.69) is 10.3 Å². The minimum absolute atomic E-state index is 0.0157. The van der Waals surface area contributed by atoms with E-state index in [1.807, 2.05) is 0 Å². The van der Waals surface area contributed by atoms with Crippen molar-refractivity contribution < 1.29 is 27.2 Å². The molecule has 0 spiro atoms. The molecule has 1 aromatic carbocycles. The SMILES string of the molecule is O=C1[C@@H](N[C@@H]2C[C@H]3CCC[C@@]3(C(=O)N3CCc4ncc(C(F)(F)F)cc4C3)C2)CCN1c1ccc(F)cc1. The molecule has 0 bridgehead atoms. The number of pyridine rings is 1. The lowest BCUT2D eigenvalue weighted by Crippen LogP contribution is -2.47. The van der Waals surface area contributed by atoms with Crippen LogP contribution in [0.4, 0.5) is 23.2 Å². The lowest BCUT2D eigenvalue weighted by molar-refractivity contribution is -0.144. The first-order chi connectivity index (χ1) is 18.1. The van der Waals surface area contributed by atoms with Gasteiger partial charge in [-0.25, -0.2) is 4.39 Å². The topological polar surface area (TPSA) is 65.5 Å². The van der Waals surface area contributed by atoms with Crippen LogP contribution in [0.25, 0.3) is 0 Å². The lowest BCUT2D eigenvalue weighted by atomic mass is 9.78. The monoisotopic (exact) mass is 530 g/mol. The molecule has 0 unspecified atom stereocenters. The van der Waals surface area contributed by atoms with Crippen LogP contribution in [-0.2, 0) is 28.7 Å². The van der Waals surface area contributed by atoms with Gasteiger partial charge in [0.05, 0.1) is 17.0 Å². The van der Waals surface area contributed by atoms with Crippen LogP contribution < -0.4 is 10.2 Å². The molecule has 202 valence electrons. The van der Waals surface area contributed by atoms with Crippen molar-refractivity contribution >= 4 is 17.5 Å². The molecule has 6 rings (SSSR count). The van der Waals surface area contributed by atoms with Gasteiger partial charge in [0.2, 0.25) is 11.8 Å². The second kappa shape index (κ2) is 9.32. The van der Waals surface area contributed by atoms with E-state index in [1.165, 1.54) is 12.1 Å². The normalized spacial score (nSPS) is 29.1. The lowest BCUT2D eigenvalue weighted by Gasteiger charge is -2.37. The average Bonchev–Trinajstić information content (AvgIpc) is 3.56. The molecule has 2 saturated carbocycles. The minimum Gasteiger partial charge on any atom is -0.337 e. The first-order valence-electron chi connectivity index (χ1n) is 13.3. The highest BCUT2D eigenvalue weighted by molar-refractivity contribution is 5.99. The maximum absolute atomic E-state index is 14.0. The smallest absolute Gasteiger partial charge is 0.337 e. The van der Waals surface area contributed by atoms with E-state index in [4.69, 9.17) is 0 Å². The van der Waals surface area contributed by atoms with E-state index in [0.717, 1.165) is 37.9 Å². The van der Waals surface area contributed by atoms with Crippen molar-refractivity contribution in [3.05, 3.63) is 59.2 Å². The van der Waals surface area contributed by atoms with Crippen LogP contribution in [-0.4, -0.2) is 46.9 Å². The fraction of sp³-hybridized carbons (Fsp3) is 0.536. The van der Waals surface area contributed by atoms with E-state index in [9.17, 15) is 27.2 Å². The average molecular weight is 531 g/mol. The molecule has 4 atom stereocenters. The molecule has 1 aromatic heterocycles. The zero-order valence-corrected chi connectivity index (χ0v) is 20.9. The van der Waals surface area contributed by atoms with Crippen LogP contribution in [0.1, 0.15) is 55.3 Å². The number of halogens is 4. The first kappa shape index (κ1) is 25.3. The Bertz CT molecular complexity index is 1250. The third-order valence-corrected chi connectivity index (χ3v) is 9.00. The van der Waals surface area contributed by atoms with Gasteiger partial charge in [-0.1, -0.05) is 6.42 Å². The van der Waals surface area contributed by atoms with Crippen molar-refractivity contribution in [2.45, 2.75) is 69.8 Å². The van der Waals surface area contributed by atoms with Gasteiger partial charge in [0.1, 0.15) is 5.82 Å². The molecule has 4 aliphatic rings. The van der Waals surface area contributed by atoms with E-state index in [1.54, 1.807) is 21.9 Å². The summed E-state index contributed by atoms with van der Waals surface area (Å²) >= 11 is 0. The van der Waals surface area contributed by atoms with Gasteiger partial charge in [-0.05, 0) is 73.9 Å². The van der Waals surface area contributed by atoms with Crippen LogP contribution in [0.2, 0.25) is 0 Å². The van der Waals surface area contributed by atoms with Crippen molar-refractivity contribution in [2.24, 2.45) is 11.3 Å². The van der Waals surface area contributed by atoms with Gasteiger partial charge in [0.15, 0.2) is 0 Å². The highest BCUT2D eigenvalue weighted by atomic mass is 19.4. The van der Waals surface area contributed by atoms with Gasteiger partial charge in [-0.15, -0.1) is 0 Å². The number of carbonyl (C=O) groups excluding carboxylic acids is 2. The van der Waals surface area contributed by atoms with Crippen molar-refractivity contribution in [1.29, 1.82) is 0 Å². The van der Waals surface area contributed by atoms with Crippen LogP contribution in [0.3, 0.4) is 0 Å². The maximum Gasteiger partial charge on any atom is 0.417 e. The Morgan fingerprint density at radius 1 is 1.13 bits per heavy atom. The van der Waals surface area contributed by atoms with Crippen LogP contribution in [0.5, 0.6) is 0 Å². The largest absolute Gasteiger partial charge is 0.417 e. The number of nitrogens with zero attached hydrogens (tertiary/aromatic N) is 3. The minimum atomic E-state index is -4.47. The summed E-state index contributed by atoms with van der Waals surface area (Å²) in [6.45, 7) is 1.14. The molecule has 2 amide bonds. The molecular weight excluding hydrogens is 500 g/mol. The van der Waals surface area contributed by atoms with Gasteiger partial charge in [0.25, 0.3) is 0 Å². The highest BCUT2D eigenvalue weighted by Gasteiger charge is 2.56. The first-order valence-corrected chi connectivity index (χ1v) is 13.3. The number of amides is 2. The Morgan fingerprint density at radius 2 is 1.92 bits per heavy atom. The summed E-state index contributed by atoms with van der Waals surface area (Å²) in [5.74, 6) is -0.178. The Balaban J connectivity index is 1.14. The van der Waals surface area contributed by atoms with Crippen molar-refractivity contribution in [1.82, 2.24) is 15.2 Å². The standard InChI is InChI=1S/C28H30F4N4O2/c29-20-3-5-22(6-4-20)36-11-8-24(25(36)37)34-21-13-18-2-1-9-27(18,14-21)26(38)35-10-7-23-17(16-35)12-19(15-33-23)28(30,31)32/h3-6,12,15,18,21,24,34H,1-2,7-11,13-14,16H2/t18-,21-,24+,27-/m1/s1. The highest BCUT2D eigenvalue weighted by Crippen LogP contribution is 2.55. The molecule has 0 radical (unpaired) electrons. The fourth-order valence-corrected chi connectivity index (χ4v) is 7.18. The molecule has 2 aliphatic heterocycles. The summed E-state index contributed by atoms with van der Waals surface area (Å²) in [7, 11) is 0. The summed E-state index contributed by atoms with van der Waals surface area (Å²) in [4.78, 5) is 34.5. The number of hydrogen-bond donors (Lipinski definition) is 1. The number of rotatable bonds is 4. The second-order valence-electron chi connectivity index (χ2n) is 11.2. The Hall–Kier alpha value is -3.01. The number of nitrogens with one attached hydrogen (secondary N) is 1. The van der Waals surface area contributed by atoms with Crippen LogP contribution in [0, 0.1) is 17.2 Å². The summed E-state index contributed by atoms with van der Waals surface area (Å²) in [5.41, 5.74) is 0.435. The zero-order valence-electron chi connectivity index (χ0n) is 20.9. The number of aromatic nitrogens is 1. The Kier molecular flexibility index (Phi) is 6.20. The van der Waals surface area contributed by atoms with Gasteiger partial charge in [-0.3, -0.25) is 14.6 Å². The van der Waals surface area contributed by atoms with E-state index in [0.29, 0.717) is 49.3 Å². The van der Waals surface area contributed by atoms with Crippen molar-refractivity contribution in [2.75, 3.05) is 18.0 Å². The Morgan fingerprint density at radius 3 is 2.68 bits per heavy atom. The molecular formula is C28H30F4N4O2. The molecule has 2 aromatic rings. The van der Waals surface area contributed by atoms with Crippen LogP contribution in [0.15, 0.2) is 36.5 Å². The number of hydrogen-bond acceptors (Lipinski definition) is 4. The molecule has 6 nitrogen and oxygen atoms in total. The predicted molar refractivity (Wildman–Crippen MR) is 131 cm³/mol. The van der Waals surface area contributed by atoms with Crippen molar-refractivity contribution in [3.63, 3.8) is 0 Å². The molecule has 38 heavy (non-hydrogen) atoms. The number of benzene rings is 1. The molecule has 1 N–H and O–H groups in total. The molecule has 3 heterocycles. The number of carbonyl (C=O) groups is 2. The maximum atomic E-state index is 14.0. The summed E-state index contributed by atoms with van der Waals surface area (Å²) < 4.78 is 53.0. The summed E-state index contributed by atoms with van der Waals surface area (Å²) in [6.07, 6.45) is 1.56. The molecule has 10 heteroatoms. The Labute approximate surface area is 218 Å². The fourth-order valence-electron chi connectivity index (χ4n) is 7.18. The van der Waals surface area contributed by atoms with Crippen LogP contribution >= 0.6 is 0 Å². The third-order valence-electron chi connectivity index (χ3n) is 9.00. The van der Waals surface area contributed by atoms with Gasteiger partial charge >= 0.3 is 6.18 Å². The van der Waals surface area contributed by atoms with Gasteiger partial charge in [-0.2, -0.15) is 13.2 Å². The second-order valence-corrected chi connectivity index (χ2v) is 11.2. The van der Waals surface area contributed by atoms with Gasteiger partial charge in [0, 0.05) is 49.7 Å². The molecule has 3 fully saturated rings. The predicted octanol–water partition coefficient (Wildman–Crippen LogP) is 4.47. The number of alkyl halides is 3. The zero-order chi connectivity index (χ0) is 26.7. The van der Waals surface area contributed by atoms with E-state index < -0.39 is 17.2 Å². The van der Waals surface area contributed by atoms with E-state index >= 15 is 0 Å². The van der Waals surface area contributed by atoms with E-state index in [-0.39, 0.29) is 42.2 Å².